The Bertz CT molecular complexity index is 1650. The summed E-state index contributed by atoms with van der Waals surface area (Å²) in [7, 11) is 0. The Morgan fingerprint density at radius 2 is 1.76 bits per heavy atom. The number of hydrogen-bond acceptors (Lipinski definition) is 8. The van der Waals surface area contributed by atoms with Crippen LogP contribution in [0.25, 0.3) is 33.8 Å². The molecule has 6 rings (SSSR count). The predicted octanol–water partition coefficient (Wildman–Crippen LogP) is 6.50. The van der Waals surface area contributed by atoms with Crippen LogP contribution in [0, 0.1) is 5.82 Å². The number of aromatic nitrogens is 2. The van der Waals surface area contributed by atoms with Gasteiger partial charge in [-0.15, -0.1) is 0 Å². The van der Waals surface area contributed by atoms with E-state index in [9.17, 15) is 9.50 Å². The van der Waals surface area contributed by atoms with Crippen molar-refractivity contribution < 1.29 is 23.2 Å². The van der Waals surface area contributed by atoms with Crippen molar-refractivity contribution in [3.63, 3.8) is 0 Å². The average molecular weight is 597 g/mol. The molecule has 1 aliphatic rings. The van der Waals surface area contributed by atoms with Gasteiger partial charge in [0.1, 0.15) is 28.9 Å². The molecule has 0 saturated carbocycles. The Balaban J connectivity index is 1.09. The topological polar surface area (TPSA) is 88.0 Å². The normalized spacial score (nSPS) is 16.2. The van der Waals surface area contributed by atoms with E-state index in [4.69, 9.17) is 36.9 Å². The summed E-state index contributed by atoms with van der Waals surface area (Å²) < 4.78 is 31.3. The molecule has 1 N–H and O–H groups in total. The maximum Gasteiger partial charge on any atom is 0.227 e. The van der Waals surface area contributed by atoms with Crippen molar-refractivity contribution >= 4 is 34.3 Å². The molecule has 0 radical (unpaired) electrons. The van der Waals surface area contributed by atoms with E-state index in [1.54, 1.807) is 55.5 Å². The monoisotopic (exact) mass is 596 g/mol. The first-order valence-corrected chi connectivity index (χ1v) is 14.0. The number of oxazole rings is 1. The van der Waals surface area contributed by atoms with E-state index in [0.29, 0.717) is 75.0 Å². The smallest absolute Gasteiger partial charge is 0.227 e. The number of rotatable bonds is 8. The number of aliphatic hydroxyl groups excluding tert-OH is 1. The quantitative estimate of drug-likeness (QED) is 0.217. The Hall–Kier alpha value is -3.47. The van der Waals surface area contributed by atoms with Crippen LogP contribution in [0.5, 0.6) is 5.75 Å². The largest absolute Gasteiger partial charge is 0.472 e. The number of ether oxygens (including phenoxy) is 1. The summed E-state index contributed by atoms with van der Waals surface area (Å²) in [4.78, 5) is 8.87. The summed E-state index contributed by atoms with van der Waals surface area (Å²) in [5.74, 6) is 1.23. The first-order valence-electron chi connectivity index (χ1n) is 13.2. The van der Waals surface area contributed by atoms with Crippen molar-refractivity contribution in [3.05, 3.63) is 88.4 Å². The summed E-state index contributed by atoms with van der Waals surface area (Å²) in [6.07, 6.45) is -1.29. The van der Waals surface area contributed by atoms with Crippen LogP contribution in [0.15, 0.2) is 75.7 Å². The molecule has 1 fully saturated rings. The third-order valence-corrected chi connectivity index (χ3v) is 7.65. The highest BCUT2D eigenvalue weighted by Gasteiger charge is 2.29. The number of fused-ring (bicyclic) bond motifs is 1. The van der Waals surface area contributed by atoms with Gasteiger partial charge >= 0.3 is 0 Å². The van der Waals surface area contributed by atoms with Crippen molar-refractivity contribution in [2.75, 3.05) is 26.2 Å². The second-order valence-corrected chi connectivity index (χ2v) is 10.8. The molecule has 0 amide bonds. The molecule has 0 spiro atoms. The fraction of sp³-hybridized carbons (Fsp3) is 0.267. The molecule has 3 heterocycles. The third-order valence-electron chi connectivity index (χ3n) is 7.02. The van der Waals surface area contributed by atoms with E-state index in [2.05, 4.69) is 19.9 Å². The summed E-state index contributed by atoms with van der Waals surface area (Å²) >= 11 is 12.6. The Morgan fingerprint density at radius 1 is 1.00 bits per heavy atom. The maximum absolute atomic E-state index is 13.7. The van der Waals surface area contributed by atoms with Crippen molar-refractivity contribution in [3.8, 4) is 28.5 Å². The van der Waals surface area contributed by atoms with Crippen molar-refractivity contribution in [1.29, 1.82) is 0 Å². The van der Waals surface area contributed by atoms with Gasteiger partial charge in [0.2, 0.25) is 5.89 Å². The van der Waals surface area contributed by atoms with Gasteiger partial charge in [-0.2, -0.15) is 0 Å². The van der Waals surface area contributed by atoms with Gasteiger partial charge < -0.3 is 18.8 Å². The molecule has 1 saturated heterocycles. The van der Waals surface area contributed by atoms with E-state index >= 15 is 0 Å². The molecule has 8 nitrogen and oxygen atoms in total. The lowest BCUT2D eigenvalue weighted by Crippen LogP contribution is -2.55. The highest BCUT2D eigenvalue weighted by Crippen LogP contribution is 2.34. The molecule has 41 heavy (non-hydrogen) atoms. The van der Waals surface area contributed by atoms with E-state index in [1.165, 1.54) is 12.1 Å². The first kappa shape index (κ1) is 27.7. The molecule has 2 aromatic heterocycles. The van der Waals surface area contributed by atoms with Gasteiger partial charge in [-0.25, -0.2) is 9.37 Å². The zero-order valence-electron chi connectivity index (χ0n) is 22.1. The van der Waals surface area contributed by atoms with E-state index in [-0.39, 0.29) is 5.82 Å². The molecule has 3 aromatic carbocycles. The fourth-order valence-corrected chi connectivity index (χ4v) is 5.58. The maximum atomic E-state index is 13.7. The number of nitrogens with zero attached hydrogens (tertiary/aromatic N) is 4. The number of piperazine rings is 1. The van der Waals surface area contributed by atoms with Gasteiger partial charge in [0.25, 0.3) is 0 Å². The standard InChI is InChI=1S/C30H27Cl2FN4O4/c1-18(38)30(39-21-8-9-27-25(15-21)34-29(40-27)19-4-2-5-20(33)14-19)37-12-10-36(11-13-37)17-22-16-26(35-41-22)28-23(31)6-3-7-24(28)32/h2-9,14-16,18,30,38H,10-13,17H2,1H3/t18-,30?/m0/s1. The average Bonchev–Trinajstić information content (AvgIpc) is 3.59. The Morgan fingerprint density at radius 3 is 2.49 bits per heavy atom. The molecule has 5 aromatic rings. The molecule has 11 heteroatoms. The van der Waals surface area contributed by atoms with Crippen LogP contribution in [-0.4, -0.2) is 63.6 Å². The van der Waals surface area contributed by atoms with E-state index in [1.807, 2.05) is 6.07 Å². The van der Waals surface area contributed by atoms with Gasteiger partial charge in [0, 0.05) is 49.4 Å². The number of benzene rings is 3. The molecule has 0 aliphatic carbocycles. The molecule has 1 aliphatic heterocycles. The minimum Gasteiger partial charge on any atom is -0.472 e. The van der Waals surface area contributed by atoms with Crippen LogP contribution in [0.1, 0.15) is 12.7 Å². The van der Waals surface area contributed by atoms with Gasteiger partial charge in [0.05, 0.1) is 16.6 Å². The Kier molecular flexibility index (Phi) is 7.96. The third kappa shape index (κ3) is 6.10. The fourth-order valence-electron chi connectivity index (χ4n) is 4.99. The molecule has 2 atom stereocenters. The van der Waals surface area contributed by atoms with Crippen LogP contribution >= 0.6 is 23.2 Å². The van der Waals surface area contributed by atoms with Crippen LogP contribution in [0.4, 0.5) is 4.39 Å². The number of aliphatic hydroxyl groups is 1. The minimum absolute atomic E-state index is 0.327. The zero-order chi connectivity index (χ0) is 28.5. The van der Waals surface area contributed by atoms with Crippen LogP contribution < -0.4 is 4.74 Å². The van der Waals surface area contributed by atoms with Crippen molar-refractivity contribution in [2.24, 2.45) is 0 Å². The highest BCUT2D eigenvalue weighted by molar-refractivity contribution is 6.39. The molecule has 0 bridgehead atoms. The number of halogens is 3. The lowest BCUT2D eigenvalue weighted by molar-refractivity contribution is -0.0756. The SMILES string of the molecule is C[C@H](O)C(Oc1ccc2oc(-c3cccc(F)c3)nc2c1)N1CCN(Cc2cc(-c3c(Cl)cccc3Cl)no2)CC1. The van der Waals surface area contributed by atoms with Crippen molar-refractivity contribution in [2.45, 2.75) is 25.8 Å². The summed E-state index contributed by atoms with van der Waals surface area (Å²) in [5, 5.41) is 15.8. The minimum atomic E-state index is -0.741. The van der Waals surface area contributed by atoms with Gasteiger partial charge in [-0.1, -0.05) is 40.5 Å². The molecule has 1 unspecified atom stereocenters. The second-order valence-electron chi connectivity index (χ2n) is 10.00. The van der Waals surface area contributed by atoms with Gasteiger partial charge in [-0.05, 0) is 49.4 Å². The van der Waals surface area contributed by atoms with Crippen LogP contribution in [0.3, 0.4) is 0 Å². The summed E-state index contributed by atoms with van der Waals surface area (Å²) in [6.45, 7) is 5.15. The lowest BCUT2D eigenvalue weighted by atomic mass is 10.1. The number of hydrogen-bond donors (Lipinski definition) is 1. The highest BCUT2D eigenvalue weighted by atomic mass is 35.5. The van der Waals surface area contributed by atoms with Gasteiger partial charge in [-0.3, -0.25) is 9.80 Å². The molecular weight excluding hydrogens is 570 g/mol. The summed E-state index contributed by atoms with van der Waals surface area (Å²) in [6, 6.07) is 18.6. The first-order chi connectivity index (χ1) is 19.8. The van der Waals surface area contributed by atoms with Gasteiger partial charge in [0.15, 0.2) is 17.6 Å². The summed E-state index contributed by atoms with van der Waals surface area (Å²) in [5.41, 5.74) is 2.95. The van der Waals surface area contributed by atoms with Crippen LogP contribution in [-0.2, 0) is 6.54 Å². The Labute approximate surface area is 245 Å². The molecule has 212 valence electrons. The predicted molar refractivity (Wildman–Crippen MR) is 154 cm³/mol. The van der Waals surface area contributed by atoms with Crippen LogP contribution in [0.2, 0.25) is 10.0 Å². The van der Waals surface area contributed by atoms with Crippen molar-refractivity contribution in [1.82, 2.24) is 19.9 Å². The van der Waals surface area contributed by atoms with E-state index < -0.39 is 12.3 Å². The second kappa shape index (κ2) is 11.8. The zero-order valence-corrected chi connectivity index (χ0v) is 23.6. The van der Waals surface area contributed by atoms with E-state index in [0.717, 1.165) is 13.1 Å². The molecular formula is C30H27Cl2FN4O4. The lowest BCUT2D eigenvalue weighted by Gasteiger charge is -2.39.